The van der Waals surface area contributed by atoms with E-state index < -0.39 is 17.5 Å². The van der Waals surface area contributed by atoms with Gasteiger partial charge in [-0.1, -0.05) is 17.8 Å². The maximum absolute atomic E-state index is 13.5. The van der Waals surface area contributed by atoms with Crippen molar-refractivity contribution in [3.05, 3.63) is 59.4 Å². The highest BCUT2D eigenvalue weighted by molar-refractivity contribution is 7.99. The van der Waals surface area contributed by atoms with Crippen LogP contribution in [-0.2, 0) is 6.54 Å². The van der Waals surface area contributed by atoms with Crippen LogP contribution in [0.4, 0.5) is 13.2 Å². The molecule has 1 nitrogen and oxygen atoms in total. The first-order chi connectivity index (χ1) is 8.61. The molecule has 0 aliphatic rings. The van der Waals surface area contributed by atoms with Gasteiger partial charge in [0.2, 0.25) is 0 Å². The molecule has 5 heteroatoms. The molecule has 0 aliphatic carbocycles. The van der Waals surface area contributed by atoms with Crippen LogP contribution in [0.15, 0.2) is 46.2 Å². The zero-order valence-corrected chi connectivity index (χ0v) is 10.1. The number of benzene rings is 2. The van der Waals surface area contributed by atoms with E-state index in [4.69, 9.17) is 5.73 Å². The molecule has 0 bridgehead atoms. The maximum Gasteiger partial charge on any atom is 0.140 e. The Morgan fingerprint density at radius 2 is 1.72 bits per heavy atom. The van der Waals surface area contributed by atoms with Crippen LogP contribution >= 0.6 is 11.8 Å². The first-order valence-corrected chi connectivity index (χ1v) is 6.04. The molecule has 0 radical (unpaired) electrons. The van der Waals surface area contributed by atoms with Crippen molar-refractivity contribution >= 4 is 11.8 Å². The van der Waals surface area contributed by atoms with Crippen molar-refractivity contribution in [3.8, 4) is 0 Å². The van der Waals surface area contributed by atoms with Gasteiger partial charge in [-0.15, -0.1) is 0 Å². The molecule has 2 rings (SSSR count). The highest BCUT2D eigenvalue weighted by Crippen LogP contribution is 2.33. The third kappa shape index (κ3) is 2.68. The van der Waals surface area contributed by atoms with Crippen LogP contribution in [0.25, 0.3) is 0 Å². The summed E-state index contributed by atoms with van der Waals surface area (Å²) >= 11 is 1.03. The summed E-state index contributed by atoms with van der Waals surface area (Å²) in [6.45, 7) is 0.0256. The fourth-order valence-electron chi connectivity index (χ4n) is 1.51. The molecule has 0 amide bonds. The molecule has 94 valence electrons. The van der Waals surface area contributed by atoms with Gasteiger partial charge in [0.1, 0.15) is 17.5 Å². The van der Waals surface area contributed by atoms with Crippen molar-refractivity contribution in [2.24, 2.45) is 5.73 Å². The van der Waals surface area contributed by atoms with Gasteiger partial charge in [-0.3, -0.25) is 0 Å². The average Bonchev–Trinajstić information content (AvgIpc) is 2.33. The van der Waals surface area contributed by atoms with E-state index in [1.54, 1.807) is 6.07 Å². The standard InChI is InChI=1S/C13H10F3NS/c14-8-4-5-13(11(16)6-8)18-12-3-1-2-10(15)9(12)7-17/h1-6H,7,17H2. The molecular formula is C13H10F3NS. The van der Waals surface area contributed by atoms with Crippen LogP contribution in [0, 0.1) is 17.5 Å². The van der Waals surface area contributed by atoms with Crippen molar-refractivity contribution in [1.29, 1.82) is 0 Å². The van der Waals surface area contributed by atoms with Gasteiger partial charge in [-0.25, -0.2) is 13.2 Å². The second-order valence-corrected chi connectivity index (χ2v) is 4.68. The Morgan fingerprint density at radius 1 is 0.944 bits per heavy atom. The van der Waals surface area contributed by atoms with E-state index in [9.17, 15) is 13.2 Å². The molecule has 0 aromatic heterocycles. The van der Waals surface area contributed by atoms with Crippen molar-refractivity contribution in [2.75, 3.05) is 0 Å². The predicted octanol–water partition coefficient (Wildman–Crippen LogP) is 3.71. The summed E-state index contributed by atoms with van der Waals surface area (Å²) < 4.78 is 39.7. The minimum atomic E-state index is -0.674. The molecule has 2 aromatic carbocycles. The lowest BCUT2D eigenvalue weighted by atomic mass is 10.2. The van der Waals surface area contributed by atoms with E-state index in [-0.39, 0.29) is 11.4 Å². The van der Waals surface area contributed by atoms with Crippen LogP contribution in [0.3, 0.4) is 0 Å². The van der Waals surface area contributed by atoms with E-state index in [0.29, 0.717) is 10.5 Å². The van der Waals surface area contributed by atoms with E-state index in [1.807, 2.05) is 0 Å². The van der Waals surface area contributed by atoms with Crippen LogP contribution in [0.5, 0.6) is 0 Å². The molecule has 0 aliphatic heterocycles. The van der Waals surface area contributed by atoms with Gasteiger partial charge in [-0.05, 0) is 24.3 Å². The largest absolute Gasteiger partial charge is 0.326 e. The summed E-state index contributed by atoms with van der Waals surface area (Å²) in [7, 11) is 0. The summed E-state index contributed by atoms with van der Waals surface area (Å²) in [6.07, 6.45) is 0. The van der Waals surface area contributed by atoms with Crippen molar-refractivity contribution < 1.29 is 13.2 Å². The number of nitrogens with two attached hydrogens (primary N) is 1. The Labute approximate surface area is 107 Å². The van der Waals surface area contributed by atoms with Gasteiger partial charge >= 0.3 is 0 Å². The lowest BCUT2D eigenvalue weighted by Gasteiger charge is -2.09. The maximum atomic E-state index is 13.5. The van der Waals surface area contributed by atoms with Gasteiger partial charge in [0.15, 0.2) is 0 Å². The summed E-state index contributed by atoms with van der Waals surface area (Å²) in [5.41, 5.74) is 5.79. The normalized spacial score (nSPS) is 10.7. The van der Waals surface area contributed by atoms with E-state index in [1.165, 1.54) is 18.2 Å². The fraction of sp³-hybridized carbons (Fsp3) is 0.0769. The molecule has 0 saturated heterocycles. The predicted molar refractivity (Wildman–Crippen MR) is 64.8 cm³/mol. The molecule has 0 saturated carbocycles. The molecule has 18 heavy (non-hydrogen) atoms. The number of rotatable bonds is 3. The summed E-state index contributed by atoms with van der Waals surface area (Å²) in [5.74, 6) is -1.74. The Morgan fingerprint density at radius 3 is 2.39 bits per heavy atom. The third-order valence-electron chi connectivity index (χ3n) is 2.39. The van der Waals surface area contributed by atoms with E-state index in [0.717, 1.165) is 23.9 Å². The fourth-order valence-corrected chi connectivity index (χ4v) is 2.49. The first-order valence-electron chi connectivity index (χ1n) is 5.22. The van der Waals surface area contributed by atoms with Crippen molar-refractivity contribution in [3.63, 3.8) is 0 Å². The van der Waals surface area contributed by atoms with E-state index in [2.05, 4.69) is 0 Å². The lowest BCUT2D eigenvalue weighted by molar-refractivity contribution is 0.565. The van der Waals surface area contributed by atoms with Gasteiger partial charge in [0.05, 0.1) is 0 Å². The van der Waals surface area contributed by atoms with Gasteiger partial charge in [0.25, 0.3) is 0 Å². The molecule has 2 aromatic rings. The van der Waals surface area contributed by atoms with Crippen LogP contribution in [0.2, 0.25) is 0 Å². The minimum Gasteiger partial charge on any atom is -0.326 e. The molecule has 0 spiro atoms. The zero-order valence-electron chi connectivity index (χ0n) is 9.29. The Kier molecular flexibility index (Phi) is 3.93. The second-order valence-electron chi connectivity index (χ2n) is 3.60. The number of halogens is 3. The van der Waals surface area contributed by atoms with E-state index >= 15 is 0 Å². The smallest absolute Gasteiger partial charge is 0.140 e. The summed E-state index contributed by atoms with van der Waals surface area (Å²) in [5, 5.41) is 0. The molecule has 0 fully saturated rings. The monoisotopic (exact) mass is 269 g/mol. The highest BCUT2D eigenvalue weighted by atomic mass is 32.2. The Balaban J connectivity index is 2.37. The summed E-state index contributed by atoms with van der Waals surface area (Å²) in [4.78, 5) is 0.764. The zero-order chi connectivity index (χ0) is 13.1. The van der Waals surface area contributed by atoms with Gasteiger partial charge in [-0.2, -0.15) is 0 Å². The SMILES string of the molecule is NCc1c(F)cccc1Sc1ccc(F)cc1F. The molecule has 0 heterocycles. The lowest BCUT2D eigenvalue weighted by Crippen LogP contribution is -2.01. The second kappa shape index (κ2) is 5.46. The number of hydrogen-bond donors (Lipinski definition) is 1. The van der Waals surface area contributed by atoms with Gasteiger partial charge in [0, 0.05) is 28.0 Å². The Hall–Kier alpha value is -1.46. The Bertz CT molecular complexity index is 572. The van der Waals surface area contributed by atoms with Crippen molar-refractivity contribution in [2.45, 2.75) is 16.3 Å². The van der Waals surface area contributed by atoms with Gasteiger partial charge < -0.3 is 5.73 Å². The number of hydrogen-bond acceptors (Lipinski definition) is 2. The topological polar surface area (TPSA) is 26.0 Å². The summed E-state index contributed by atoms with van der Waals surface area (Å²) in [6, 6.07) is 7.75. The van der Waals surface area contributed by atoms with Crippen molar-refractivity contribution in [1.82, 2.24) is 0 Å². The minimum absolute atomic E-state index is 0.0256. The molecular weight excluding hydrogens is 259 g/mol. The average molecular weight is 269 g/mol. The third-order valence-corrected chi connectivity index (χ3v) is 3.55. The quantitative estimate of drug-likeness (QED) is 0.919. The first kappa shape index (κ1) is 13.0. The highest BCUT2D eigenvalue weighted by Gasteiger charge is 2.11. The molecule has 0 atom stereocenters. The molecule has 0 unspecified atom stereocenters. The van der Waals surface area contributed by atoms with Crippen LogP contribution in [-0.4, -0.2) is 0 Å². The molecule has 2 N–H and O–H groups in total. The van der Waals surface area contributed by atoms with Crippen LogP contribution in [0.1, 0.15) is 5.56 Å². The van der Waals surface area contributed by atoms with Crippen LogP contribution < -0.4 is 5.73 Å².